The standard InChI is InChI=1S/C24H27BrClFN2O4S/c1-34(31,32)28-24(30)20-11-19(16-2-3-16)23(12-22(20)27)33-14-15-6-8-29(9-7-15)13-17-4-5-18(25)10-21(17)26/h4-5,10-12,15-16H,2-3,6-9,13-14H2,1H3,(H,28,30). The van der Waals surface area contributed by atoms with Crippen molar-refractivity contribution in [2.75, 3.05) is 26.0 Å². The van der Waals surface area contributed by atoms with Crippen LogP contribution < -0.4 is 9.46 Å². The fourth-order valence-electron chi connectivity index (χ4n) is 4.22. The molecular formula is C24H27BrClFN2O4S. The molecule has 1 N–H and O–H groups in total. The molecule has 184 valence electrons. The minimum atomic E-state index is -3.78. The highest BCUT2D eigenvalue weighted by atomic mass is 79.9. The molecule has 1 saturated heterocycles. The first-order valence-electron chi connectivity index (χ1n) is 11.2. The number of nitrogens with one attached hydrogen (secondary N) is 1. The van der Waals surface area contributed by atoms with E-state index in [2.05, 4.69) is 20.8 Å². The maximum atomic E-state index is 14.7. The van der Waals surface area contributed by atoms with E-state index in [1.54, 1.807) is 0 Å². The summed E-state index contributed by atoms with van der Waals surface area (Å²) in [5.74, 6) is -0.758. The average molecular weight is 574 g/mol. The monoisotopic (exact) mass is 572 g/mol. The zero-order valence-electron chi connectivity index (χ0n) is 18.8. The number of sulfonamides is 1. The lowest BCUT2D eigenvalue weighted by Crippen LogP contribution is -2.35. The average Bonchev–Trinajstić information content (AvgIpc) is 3.59. The molecule has 1 heterocycles. The van der Waals surface area contributed by atoms with E-state index in [0.717, 1.165) is 72.2 Å². The van der Waals surface area contributed by atoms with Crippen molar-refractivity contribution in [3.63, 3.8) is 0 Å². The van der Waals surface area contributed by atoms with Crippen LogP contribution in [-0.4, -0.2) is 45.2 Å². The Kier molecular flexibility index (Phi) is 7.86. The molecule has 1 amide bonds. The Morgan fingerprint density at radius 1 is 1.21 bits per heavy atom. The molecule has 0 atom stereocenters. The molecule has 1 aliphatic heterocycles. The molecule has 2 fully saturated rings. The second-order valence-corrected chi connectivity index (χ2v) is 12.2. The molecule has 0 radical (unpaired) electrons. The van der Waals surface area contributed by atoms with Gasteiger partial charge in [0.1, 0.15) is 11.6 Å². The Hall–Kier alpha value is -1.68. The molecule has 2 aliphatic rings. The molecule has 2 aromatic rings. The van der Waals surface area contributed by atoms with E-state index in [9.17, 15) is 17.6 Å². The zero-order valence-corrected chi connectivity index (χ0v) is 22.0. The topological polar surface area (TPSA) is 75.7 Å². The van der Waals surface area contributed by atoms with Crippen molar-refractivity contribution in [2.24, 2.45) is 5.92 Å². The molecular weight excluding hydrogens is 547 g/mol. The number of hydrogen-bond donors (Lipinski definition) is 1. The van der Waals surface area contributed by atoms with Crippen molar-refractivity contribution < 1.29 is 22.3 Å². The van der Waals surface area contributed by atoms with Crippen LogP contribution in [0.25, 0.3) is 0 Å². The summed E-state index contributed by atoms with van der Waals surface area (Å²) in [7, 11) is -3.78. The number of carbonyl (C=O) groups is 1. The summed E-state index contributed by atoms with van der Waals surface area (Å²) in [6.45, 7) is 3.12. The number of nitrogens with zero attached hydrogens (tertiary/aromatic N) is 1. The SMILES string of the molecule is CS(=O)(=O)NC(=O)c1cc(C2CC2)c(OCC2CCN(Cc3ccc(Br)cc3Cl)CC2)cc1F. The molecule has 0 unspecified atom stereocenters. The van der Waals surface area contributed by atoms with Gasteiger partial charge in [0.25, 0.3) is 5.91 Å². The molecule has 0 bridgehead atoms. The Morgan fingerprint density at radius 2 is 1.91 bits per heavy atom. The van der Waals surface area contributed by atoms with Gasteiger partial charge in [-0.1, -0.05) is 33.6 Å². The number of likely N-dealkylation sites (tertiary alicyclic amines) is 1. The number of carbonyl (C=O) groups excluding carboxylic acids is 1. The van der Waals surface area contributed by atoms with Gasteiger partial charge in [0.05, 0.1) is 18.4 Å². The number of rotatable bonds is 8. The molecule has 1 aliphatic carbocycles. The fourth-order valence-corrected chi connectivity index (χ4v) is 5.40. The molecule has 6 nitrogen and oxygen atoms in total. The molecule has 34 heavy (non-hydrogen) atoms. The van der Waals surface area contributed by atoms with E-state index >= 15 is 0 Å². The number of halogens is 3. The van der Waals surface area contributed by atoms with Crippen LogP contribution in [0.1, 0.15) is 53.1 Å². The first kappa shape index (κ1) is 25.4. The highest BCUT2D eigenvalue weighted by Gasteiger charge is 2.30. The van der Waals surface area contributed by atoms with E-state index in [1.165, 1.54) is 12.1 Å². The lowest BCUT2D eigenvalue weighted by Gasteiger charge is -2.32. The summed E-state index contributed by atoms with van der Waals surface area (Å²) in [5.41, 5.74) is 1.59. The van der Waals surface area contributed by atoms with Crippen molar-refractivity contribution in [2.45, 2.75) is 38.1 Å². The predicted molar refractivity (Wildman–Crippen MR) is 133 cm³/mol. The normalized spacial score (nSPS) is 17.5. The van der Waals surface area contributed by atoms with Gasteiger partial charge in [0, 0.05) is 22.1 Å². The quantitative estimate of drug-likeness (QED) is 0.476. The van der Waals surface area contributed by atoms with E-state index in [1.807, 2.05) is 22.9 Å². The minimum absolute atomic E-state index is 0.206. The van der Waals surface area contributed by atoms with Crippen LogP contribution in [0.15, 0.2) is 34.8 Å². The van der Waals surface area contributed by atoms with Crippen molar-refractivity contribution in [3.05, 3.63) is 62.3 Å². The van der Waals surface area contributed by atoms with Crippen molar-refractivity contribution in [1.82, 2.24) is 9.62 Å². The van der Waals surface area contributed by atoms with E-state index in [-0.39, 0.29) is 11.5 Å². The number of piperidine rings is 1. The molecule has 0 spiro atoms. The molecule has 10 heteroatoms. The Labute approximate surface area is 213 Å². The zero-order chi connectivity index (χ0) is 24.5. The van der Waals surface area contributed by atoms with Crippen molar-refractivity contribution in [1.29, 1.82) is 0 Å². The first-order chi connectivity index (χ1) is 16.1. The number of benzene rings is 2. The summed E-state index contributed by atoms with van der Waals surface area (Å²) < 4.78 is 46.2. The predicted octanol–water partition coefficient (Wildman–Crippen LogP) is 5.10. The van der Waals surface area contributed by atoms with Crippen LogP contribution in [0.3, 0.4) is 0 Å². The van der Waals surface area contributed by atoms with E-state index < -0.39 is 21.7 Å². The van der Waals surface area contributed by atoms with Gasteiger partial charge in [0.2, 0.25) is 10.0 Å². The van der Waals surface area contributed by atoms with Gasteiger partial charge in [-0.15, -0.1) is 0 Å². The molecule has 2 aromatic carbocycles. The van der Waals surface area contributed by atoms with Crippen molar-refractivity contribution in [3.8, 4) is 5.75 Å². The number of hydrogen-bond acceptors (Lipinski definition) is 5. The largest absolute Gasteiger partial charge is 0.493 e. The second-order valence-electron chi connectivity index (χ2n) is 9.11. The van der Waals surface area contributed by atoms with E-state index in [4.69, 9.17) is 16.3 Å². The van der Waals surface area contributed by atoms with E-state index in [0.29, 0.717) is 18.3 Å². The molecule has 4 rings (SSSR count). The summed E-state index contributed by atoms with van der Waals surface area (Å²) in [6, 6.07) is 8.59. The smallest absolute Gasteiger partial charge is 0.267 e. The van der Waals surface area contributed by atoms with Crippen LogP contribution in [0.5, 0.6) is 5.75 Å². The summed E-state index contributed by atoms with van der Waals surface area (Å²) in [5, 5.41) is 0.753. The van der Waals surface area contributed by atoms with Gasteiger partial charge >= 0.3 is 0 Å². The summed E-state index contributed by atoms with van der Waals surface area (Å²) in [6.07, 6.45) is 4.66. The highest BCUT2D eigenvalue weighted by molar-refractivity contribution is 9.10. The Morgan fingerprint density at radius 3 is 2.53 bits per heavy atom. The van der Waals surface area contributed by atoms with Crippen LogP contribution in [-0.2, 0) is 16.6 Å². The third kappa shape index (κ3) is 6.71. The third-order valence-electron chi connectivity index (χ3n) is 6.23. The van der Waals surface area contributed by atoms with Gasteiger partial charge in [-0.2, -0.15) is 0 Å². The highest BCUT2D eigenvalue weighted by Crippen LogP contribution is 2.45. The number of amides is 1. The van der Waals surface area contributed by atoms with Gasteiger partial charge in [-0.25, -0.2) is 17.5 Å². The third-order valence-corrected chi connectivity index (χ3v) is 7.63. The lowest BCUT2D eigenvalue weighted by atomic mass is 9.97. The Bertz CT molecular complexity index is 1180. The van der Waals surface area contributed by atoms with Gasteiger partial charge < -0.3 is 4.74 Å². The van der Waals surface area contributed by atoms with Crippen LogP contribution in [0.4, 0.5) is 4.39 Å². The summed E-state index contributed by atoms with van der Waals surface area (Å²) in [4.78, 5) is 14.6. The van der Waals surface area contributed by atoms with Crippen LogP contribution in [0.2, 0.25) is 5.02 Å². The second kappa shape index (κ2) is 10.5. The van der Waals surface area contributed by atoms with Gasteiger partial charge in [-0.05, 0) is 79.9 Å². The fraction of sp³-hybridized carbons (Fsp3) is 0.458. The molecule has 1 saturated carbocycles. The minimum Gasteiger partial charge on any atom is -0.493 e. The van der Waals surface area contributed by atoms with Crippen molar-refractivity contribution >= 4 is 43.5 Å². The summed E-state index contributed by atoms with van der Waals surface area (Å²) >= 11 is 9.78. The van der Waals surface area contributed by atoms with Crippen LogP contribution in [0, 0.1) is 11.7 Å². The lowest BCUT2D eigenvalue weighted by molar-refractivity contribution is 0.0977. The van der Waals surface area contributed by atoms with Crippen LogP contribution >= 0.6 is 27.5 Å². The maximum absolute atomic E-state index is 14.7. The van der Waals surface area contributed by atoms with Gasteiger partial charge in [-0.3, -0.25) is 9.69 Å². The Balaban J connectivity index is 1.35. The molecule has 0 aromatic heterocycles. The van der Waals surface area contributed by atoms with Gasteiger partial charge in [0.15, 0.2) is 0 Å². The maximum Gasteiger partial charge on any atom is 0.267 e. The first-order valence-corrected chi connectivity index (χ1v) is 14.3. The number of ether oxygens (including phenoxy) is 1.